The maximum Gasteiger partial charge on any atom is 0.290 e. The molecule has 0 aromatic heterocycles. The fraction of sp³-hybridized carbons (Fsp3) is 0.500. The molecule has 0 aromatic carbocycles. The van der Waals surface area contributed by atoms with Crippen LogP contribution >= 0.6 is 0 Å². The molecule has 6 nitrogen and oxygen atoms in total. The summed E-state index contributed by atoms with van der Waals surface area (Å²) in [6.45, 7) is 4.37. The summed E-state index contributed by atoms with van der Waals surface area (Å²) in [4.78, 5) is 10.5. The monoisotopic (exact) mass is 209 g/mol. The molecule has 0 aliphatic rings. The van der Waals surface area contributed by atoms with Gasteiger partial charge in [0.05, 0.1) is 6.10 Å². The molecule has 7 heteroatoms. The number of rotatable bonds is 5. The predicted molar refractivity (Wildman–Crippen MR) is 44.9 cm³/mol. The molecule has 1 atom stereocenters. The van der Waals surface area contributed by atoms with Gasteiger partial charge in [0, 0.05) is 0 Å². The first-order valence-corrected chi connectivity index (χ1v) is 4.96. The van der Waals surface area contributed by atoms with Crippen molar-refractivity contribution in [1.82, 2.24) is 5.48 Å². The third-order valence-corrected chi connectivity index (χ3v) is 2.13. The Morgan fingerprint density at radius 3 is 2.69 bits per heavy atom. The molecule has 0 saturated heterocycles. The summed E-state index contributed by atoms with van der Waals surface area (Å²) < 4.78 is 25.7. The van der Waals surface area contributed by atoms with Crippen molar-refractivity contribution in [1.29, 1.82) is 0 Å². The van der Waals surface area contributed by atoms with Crippen LogP contribution in [-0.2, 0) is 19.2 Å². The molecular formula is C6H11NO5S. The number of carbonyl (C=O) groups is 1. The minimum atomic E-state index is -3.92. The van der Waals surface area contributed by atoms with Gasteiger partial charge in [-0.2, -0.15) is 8.42 Å². The molecule has 0 saturated carbocycles. The zero-order valence-electron chi connectivity index (χ0n) is 7.06. The number of hydrogen-bond acceptors (Lipinski definition) is 5. The summed E-state index contributed by atoms with van der Waals surface area (Å²) in [5, 5.41) is 8.72. The van der Waals surface area contributed by atoms with Crippen molar-refractivity contribution in [3.63, 3.8) is 0 Å². The number of aliphatic hydroxyl groups excluding tert-OH is 1. The van der Waals surface area contributed by atoms with Crippen LogP contribution in [0.15, 0.2) is 12.7 Å². The molecule has 0 heterocycles. The average Bonchev–Trinajstić information content (AvgIpc) is 1.98. The number of hydroxylamine groups is 1. The molecule has 1 unspecified atom stereocenters. The van der Waals surface area contributed by atoms with E-state index in [1.54, 1.807) is 5.48 Å². The van der Waals surface area contributed by atoms with Gasteiger partial charge < -0.3 is 5.11 Å². The highest BCUT2D eigenvalue weighted by Crippen LogP contribution is 1.93. The average molecular weight is 209 g/mol. The van der Waals surface area contributed by atoms with Crippen molar-refractivity contribution in [2.45, 2.75) is 13.0 Å². The van der Waals surface area contributed by atoms with E-state index >= 15 is 0 Å². The van der Waals surface area contributed by atoms with E-state index in [0.29, 0.717) is 0 Å². The number of nitrogens with one attached hydrogen (secondary N) is 1. The van der Waals surface area contributed by atoms with Crippen LogP contribution in [0.25, 0.3) is 0 Å². The van der Waals surface area contributed by atoms with Crippen molar-refractivity contribution in [2.75, 3.05) is 5.75 Å². The Balaban J connectivity index is 4.04. The molecule has 0 aromatic rings. The van der Waals surface area contributed by atoms with E-state index in [1.807, 2.05) is 0 Å². The van der Waals surface area contributed by atoms with Gasteiger partial charge in [0.25, 0.3) is 16.0 Å². The Kier molecular flexibility index (Phi) is 4.60. The predicted octanol–water partition coefficient (Wildman–Crippen LogP) is -1.07. The van der Waals surface area contributed by atoms with Gasteiger partial charge in [0.2, 0.25) is 0 Å². The summed E-state index contributed by atoms with van der Waals surface area (Å²) in [6, 6.07) is 0. The molecule has 76 valence electrons. The lowest BCUT2D eigenvalue weighted by Crippen LogP contribution is -2.29. The summed E-state index contributed by atoms with van der Waals surface area (Å²) in [7, 11) is -3.92. The molecule has 2 N–H and O–H groups in total. The second-order valence-electron chi connectivity index (χ2n) is 2.33. The van der Waals surface area contributed by atoms with Gasteiger partial charge in [-0.1, -0.05) is 6.58 Å². The van der Waals surface area contributed by atoms with E-state index in [-0.39, 0.29) is 0 Å². The summed E-state index contributed by atoms with van der Waals surface area (Å²) >= 11 is 0. The second kappa shape index (κ2) is 4.95. The Hall–Kier alpha value is -0.920. The van der Waals surface area contributed by atoms with Gasteiger partial charge in [-0.25, -0.2) is 5.48 Å². The van der Waals surface area contributed by atoms with Crippen LogP contribution in [0.3, 0.4) is 0 Å². The van der Waals surface area contributed by atoms with Crippen molar-refractivity contribution >= 4 is 16.0 Å². The maximum absolute atomic E-state index is 10.8. The normalized spacial score (nSPS) is 13.4. The standard InChI is InChI=1S/C6H11NO5S/c1-3-6(9)7-12-13(10,11)4-5(2)8/h3,5,8H,1,4H2,2H3,(H,7,9). The topological polar surface area (TPSA) is 92.7 Å². The molecule has 0 spiro atoms. The van der Waals surface area contributed by atoms with Crippen molar-refractivity contribution in [2.24, 2.45) is 0 Å². The lowest BCUT2D eigenvalue weighted by Gasteiger charge is -2.05. The van der Waals surface area contributed by atoms with E-state index in [1.165, 1.54) is 6.92 Å². The van der Waals surface area contributed by atoms with Crippen LogP contribution in [0, 0.1) is 0 Å². The van der Waals surface area contributed by atoms with Crippen LogP contribution in [0.1, 0.15) is 6.92 Å². The van der Waals surface area contributed by atoms with Gasteiger partial charge in [-0.05, 0) is 13.0 Å². The summed E-state index contributed by atoms with van der Waals surface area (Å²) in [5.41, 5.74) is 1.62. The fourth-order valence-electron chi connectivity index (χ4n) is 0.476. The molecule has 0 aliphatic heterocycles. The van der Waals surface area contributed by atoms with Crippen LogP contribution in [0.2, 0.25) is 0 Å². The molecule has 1 amide bonds. The molecule has 0 rings (SSSR count). The Bertz CT molecular complexity index is 281. The first-order valence-electron chi connectivity index (χ1n) is 3.39. The van der Waals surface area contributed by atoms with Crippen LogP contribution in [-0.4, -0.2) is 31.3 Å². The van der Waals surface area contributed by atoms with Crippen molar-refractivity contribution in [3.8, 4) is 0 Å². The third kappa shape index (κ3) is 6.26. The summed E-state index contributed by atoms with van der Waals surface area (Å²) in [6.07, 6.45) is -0.191. The van der Waals surface area contributed by atoms with E-state index < -0.39 is 27.9 Å². The lowest BCUT2D eigenvalue weighted by molar-refractivity contribution is -0.122. The quantitative estimate of drug-likeness (QED) is 0.444. The second-order valence-corrected chi connectivity index (χ2v) is 3.94. The molecule has 0 fully saturated rings. The van der Waals surface area contributed by atoms with Crippen LogP contribution in [0.4, 0.5) is 0 Å². The molecule has 13 heavy (non-hydrogen) atoms. The smallest absolute Gasteiger partial charge is 0.290 e. The Labute approximate surface area is 76.3 Å². The SMILES string of the molecule is C=CC(=O)NOS(=O)(=O)CC(C)O. The number of amides is 1. The zero-order valence-corrected chi connectivity index (χ0v) is 7.87. The van der Waals surface area contributed by atoms with E-state index in [0.717, 1.165) is 6.08 Å². The van der Waals surface area contributed by atoms with Gasteiger partial charge in [0.1, 0.15) is 5.75 Å². The number of aliphatic hydroxyl groups is 1. The summed E-state index contributed by atoms with van der Waals surface area (Å²) in [5.74, 6) is -1.35. The number of hydrogen-bond donors (Lipinski definition) is 2. The number of carbonyl (C=O) groups excluding carboxylic acids is 1. The van der Waals surface area contributed by atoms with Gasteiger partial charge >= 0.3 is 0 Å². The van der Waals surface area contributed by atoms with Gasteiger partial charge in [-0.3, -0.25) is 4.79 Å². The first-order chi connectivity index (χ1) is 5.87. The first kappa shape index (κ1) is 12.1. The van der Waals surface area contributed by atoms with Crippen molar-refractivity contribution < 1.29 is 22.6 Å². The molecule has 0 bridgehead atoms. The highest BCUT2D eigenvalue weighted by molar-refractivity contribution is 7.86. The van der Waals surface area contributed by atoms with Crippen LogP contribution < -0.4 is 5.48 Å². The zero-order chi connectivity index (χ0) is 10.5. The van der Waals surface area contributed by atoms with Crippen molar-refractivity contribution in [3.05, 3.63) is 12.7 Å². The molecule has 0 radical (unpaired) electrons. The molecular weight excluding hydrogens is 198 g/mol. The van der Waals surface area contributed by atoms with E-state index in [9.17, 15) is 13.2 Å². The Morgan fingerprint density at radius 1 is 1.77 bits per heavy atom. The van der Waals surface area contributed by atoms with Gasteiger partial charge in [0.15, 0.2) is 0 Å². The Morgan fingerprint density at radius 2 is 2.31 bits per heavy atom. The molecule has 0 aliphatic carbocycles. The third-order valence-electron chi connectivity index (χ3n) is 0.900. The van der Waals surface area contributed by atoms with E-state index in [2.05, 4.69) is 10.9 Å². The maximum atomic E-state index is 10.8. The lowest BCUT2D eigenvalue weighted by atomic mass is 10.5. The van der Waals surface area contributed by atoms with Crippen LogP contribution in [0.5, 0.6) is 0 Å². The minimum absolute atomic E-state index is 0.579. The van der Waals surface area contributed by atoms with Gasteiger partial charge in [-0.15, -0.1) is 4.28 Å². The minimum Gasteiger partial charge on any atom is -0.392 e. The largest absolute Gasteiger partial charge is 0.392 e. The fourth-order valence-corrected chi connectivity index (χ4v) is 1.34. The highest BCUT2D eigenvalue weighted by atomic mass is 32.2. The van der Waals surface area contributed by atoms with E-state index in [4.69, 9.17) is 5.11 Å². The highest BCUT2D eigenvalue weighted by Gasteiger charge is 2.15.